The lowest BCUT2D eigenvalue weighted by Gasteiger charge is -2.30. The summed E-state index contributed by atoms with van der Waals surface area (Å²) in [7, 11) is 0. The van der Waals surface area contributed by atoms with Crippen LogP contribution in [0, 0.1) is 5.41 Å². The van der Waals surface area contributed by atoms with Crippen LogP contribution in [0.25, 0.3) is 0 Å². The van der Waals surface area contributed by atoms with Crippen molar-refractivity contribution in [2.24, 2.45) is 5.41 Å². The minimum absolute atomic E-state index is 0.196. The van der Waals surface area contributed by atoms with Gasteiger partial charge in [0.05, 0.1) is 17.6 Å². The smallest absolute Gasteiger partial charge is 0.332 e. The lowest BCUT2D eigenvalue weighted by Crippen LogP contribution is -2.36. The van der Waals surface area contributed by atoms with Gasteiger partial charge in [-0.25, -0.2) is 4.79 Å². The van der Waals surface area contributed by atoms with E-state index in [-0.39, 0.29) is 11.5 Å². The van der Waals surface area contributed by atoms with Crippen LogP contribution in [0.2, 0.25) is 0 Å². The Labute approximate surface area is 127 Å². The molecule has 1 atom stereocenters. The Balaban J connectivity index is 2.38. The normalized spacial score (nSPS) is 21.7. The number of carboxylic acids is 1. The molecule has 0 heterocycles. The maximum atomic E-state index is 12.2. The molecule has 1 unspecified atom stereocenters. The molecule has 0 saturated carbocycles. The zero-order valence-electron chi connectivity index (χ0n) is 13.3. The number of unbranched alkanes of at least 4 members (excludes halogenated alkanes) is 5. The molecule has 0 fully saturated rings. The van der Waals surface area contributed by atoms with E-state index in [4.69, 9.17) is 4.74 Å². The molecule has 1 rings (SSSR count). The predicted molar refractivity (Wildman–Crippen MR) is 82.0 cm³/mol. The van der Waals surface area contributed by atoms with E-state index in [1.165, 1.54) is 25.7 Å². The molecule has 0 aromatic carbocycles. The van der Waals surface area contributed by atoms with E-state index in [2.05, 4.69) is 6.92 Å². The van der Waals surface area contributed by atoms with Gasteiger partial charge < -0.3 is 9.84 Å². The van der Waals surface area contributed by atoms with E-state index >= 15 is 0 Å². The van der Waals surface area contributed by atoms with Gasteiger partial charge in [0.15, 0.2) is 0 Å². The van der Waals surface area contributed by atoms with Gasteiger partial charge in [0.25, 0.3) is 0 Å². The zero-order valence-corrected chi connectivity index (χ0v) is 13.3. The summed E-state index contributed by atoms with van der Waals surface area (Å²) in [5.41, 5.74) is -0.784. The van der Waals surface area contributed by atoms with Crippen molar-refractivity contribution >= 4 is 11.9 Å². The minimum Gasteiger partial charge on any atom is -0.478 e. The van der Waals surface area contributed by atoms with E-state index in [0.29, 0.717) is 13.0 Å². The molecule has 0 aliphatic heterocycles. The van der Waals surface area contributed by atoms with Crippen molar-refractivity contribution in [1.82, 2.24) is 0 Å². The average molecular weight is 296 g/mol. The highest BCUT2D eigenvalue weighted by atomic mass is 16.5. The highest BCUT2D eigenvalue weighted by Crippen LogP contribution is 2.38. The van der Waals surface area contributed by atoms with Crippen LogP contribution in [0.3, 0.4) is 0 Å². The molecule has 0 aromatic rings. The molecule has 120 valence electrons. The van der Waals surface area contributed by atoms with Crippen molar-refractivity contribution in [3.8, 4) is 0 Å². The lowest BCUT2D eigenvalue weighted by atomic mass is 9.74. The summed E-state index contributed by atoms with van der Waals surface area (Å²) in [6.07, 6.45) is 10.6. The van der Waals surface area contributed by atoms with Gasteiger partial charge in [0.1, 0.15) is 0 Å². The SMILES string of the molecule is CCCCCCCCOC(=O)C1(C)CCCC=C1C(=O)O. The van der Waals surface area contributed by atoms with Crippen LogP contribution < -0.4 is 0 Å². The quantitative estimate of drug-likeness (QED) is 0.514. The average Bonchev–Trinajstić information content (AvgIpc) is 2.46. The maximum absolute atomic E-state index is 12.2. The second-order valence-corrected chi connectivity index (χ2v) is 6.05. The first-order chi connectivity index (χ1) is 10.0. The number of hydrogen-bond acceptors (Lipinski definition) is 3. The third-order valence-electron chi connectivity index (χ3n) is 4.24. The van der Waals surface area contributed by atoms with Crippen molar-refractivity contribution < 1.29 is 19.4 Å². The van der Waals surface area contributed by atoms with E-state index < -0.39 is 11.4 Å². The zero-order chi connectivity index (χ0) is 15.7. The Morgan fingerprint density at radius 3 is 2.57 bits per heavy atom. The largest absolute Gasteiger partial charge is 0.478 e. The molecule has 21 heavy (non-hydrogen) atoms. The standard InChI is InChI=1S/C17H28O4/c1-3-4-5-6-7-10-13-21-16(20)17(2)12-9-8-11-14(17)15(18)19/h11H,3-10,12-13H2,1-2H3,(H,18,19). The maximum Gasteiger partial charge on any atom is 0.332 e. The predicted octanol–water partition coefficient (Wildman–Crippen LogP) is 4.09. The summed E-state index contributed by atoms with van der Waals surface area (Å²) in [5.74, 6) is -1.39. The van der Waals surface area contributed by atoms with Crippen LogP contribution in [0.1, 0.15) is 71.6 Å². The Morgan fingerprint density at radius 2 is 1.90 bits per heavy atom. The number of carbonyl (C=O) groups is 2. The molecule has 4 nitrogen and oxygen atoms in total. The molecule has 1 N–H and O–H groups in total. The fourth-order valence-electron chi connectivity index (χ4n) is 2.80. The summed E-state index contributed by atoms with van der Waals surface area (Å²) in [6.45, 7) is 4.27. The first-order valence-corrected chi connectivity index (χ1v) is 8.13. The van der Waals surface area contributed by atoms with Crippen LogP contribution in [-0.4, -0.2) is 23.7 Å². The van der Waals surface area contributed by atoms with Crippen LogP contribution in [-0.2, 0) is 14.3 Å². The van der Waals surface area contributed by atoms with Crippen LogP contribution in [0.15, 0.2) is 11.6 Å². The molecular formula is C17H28O4. The number of carbonyl (C=O) groups excluding carboxylic acids is 1. The van der Waals surface area contributed by atoms with Gasteiger partial charge >= 0.3 is 11.9 Å². The molecule has 0 aromatic heterocycles. The summed E-state index contributed by atoms with van der Waals surface area (Å²) in [6, 6.07) is 0. The van der Waals surface area contributed by atoms with E-state index in [9.17, 15) is 14.7 Å². The van der Waals surface area contributed by atoms with Crippen LogP contribution in [0.4, 0.5) is 0 Å². The number of hydrogen-bond donors (Lipinski definition) is 1. The second-order valence-electron chi connectivity index (χ2n) is 6.05. The molecule has 0 bridgehead atoms. The second kappa shape index (κ2) is 8.85. The number of rotatable bonds is 9. The fourth-order valence-corrected chi connectivity index (χ4v) is 2.80. The van der Waals surface area contributed by atoms with Gasteiger partial charge in [0.2, 0.25) is 0 Å². The summed E-state index contributed by atoms with van der Waals surface area (Å²) in [4.78, 5) is 23.5. The van der Waals surface area contributed by atoms with Crippen molar-refractivity contribution in [2.75, 3.05) is 6.61 Å². The molecule has 0 amide bonds. The van der Waals surface area contributed by atoms with Gasteiger partial charge in [-0.2, -0.15) is 0 Å². The first kappa shape index (κ1) is 17.7. The number of aliphatic carboxylic acids is 1. The molecule has 0 saturated heterocycles. The fraction of sp³-hybridized carbons (Fsp3) is 0.765. The molecule has 1 aliphatic carbocycles. The molecule has 4 heteroatoms. The minimum atomic E-state index is -1.01. The van der Waals surface area contributed by atoms with Crippen LogP contribution >= 0.6 is 0 Å². The van der Waals surface area contributed by atoms with Crippen molar-refractivity contribution in [3.63, 3.8) is 0 Å². The lowest BCUT2D eigenvalue weighted by molar-refractivity contribution is -0.156. The van der Waals surface area contributed by atoms with E-state index in [1.807, 2.05) is 0 Å². The molecule has 1 aliphatic rings. The monoisotopic (exact) mass is 296 g/mol. The van der Waals surface area contributed by atoms with E-state index in [1.54, 1.807) is 13.0 Å². The Hall–Kier alpha value is -1.32. The molecule has 0 radical (unpaired) electrons. The third-order valence-corrected chi connectivity index (χ3v) is 4.24. The van der Waals surface area contributed by atoms with Crippen molar-refractivity contribution in [3.05, 3.63) is 11.6 Å². The number of allylic oxidation sites excluding steroid dienone is 1. The number of esters is 1. The summed E-state index contributed by atoms with van der Waals surface area (Å²) in [5, 5.41) is 9.24. The Bertz CT molecular complexity index is 386. The molecular weight excluding hydrogens is 268 g/mol. The van der Waals surface area contributed by atoms with Gasteiger partial charge in [0, 0.05) is 0 Å². The van der Waals surface area contributed by atoms with Gasteiger partial charge in [-0.15, -0.1) is 0 Å². The van der Waals surface area contributed by atoms with Gasteiger partial charge in [-0.3, -0.25) is 4.79 Å². The first-order valence-electron chi connectivity index (χ1n) is 8.13. The highest BCUT2D eigenvalue weighted by Gasteiger charge is 2.43. The van der Waals surface area contributed by atoms with Crippen molar-refractivity contribution in [1.29, 1.82) is 0 Å². The number of ether oxygens (including phenoxy) is 1. The van der Waals surface area contributed by atoms with E-state index in [0.717, 1.165) is 25.7 Å². The Kier molecular flexibility index (Phi) is 7.48. The third kappa shape index (κ3) is 5.18. The van der Waals surface area contributed by atoms with Gasteiger partial charge in [-0.05, 0) is 32.6 Å². The Morgan fingerprint density at radius 1 is 1.24 bits per heavy atom. The highest BCUT2D eigenvalue weighted by molar-refractivity contribution is 5.97. The van der Waals surface area contributed by atoms with Gasteiger partial charge in [-0.1, -0.05) is 45.1 Å². The van der Waals surface area contributed by atoms with Crippen molar-refractivity contribution in [2.45, 2.75) is 71.6 Å². The summed E-state index contributed by atoms with van der Waals surface area (Å²) < 4.78 is 5.33. The number of carboxylic acid groups (broad SMARTS) is 1. The molecule has 0 spiro atoms. The summed E-state index contributed by atoms with van der Waals surface area (Å²) >= 11 is 0. The topological polar surface area (TPSA) is 63.6 Å². The van der Waals surface area contributed by atoms with Crippen LogP contribution in [0.5, 0.6) is 0 Å².